The summed E-state index contributed by atoms with van der Waals surface area (Å²) in [5, 5.41) is 3.11. The molecule has 0 spiro atoms. The number of aryl methyl sites for hydroxylation is 1. The highest BCUT2D eigenvalue weighted by atomic mass is 16.5. The third-order valence-corrected chi connectivity index (χ3v) is 5.22. The number of methoxy groups -OCH3 is 2. The number of hydrogen-bond donors (Lipinski definition) is 1. The second-order valence-corrected chi connectivity index (χ2v) is 7.33. The van der Waals surface area contributed by atoms with Gasteiger partial charge in [-0.25, -0.2) is 4.79 Å². The summed E-state index contributed by atoms with van der Waals surface area (Å²) in [6.45, 7) is 1.41. The van der Waals surface area contributed by atoms with Crippen molar-refractivity contribution < 1.29 is 9.47 Å². The smallest absolute Gasteiger partial charge is 0.331 e. The first-order valence-electron chi connectivity index (χ1n) is 10.3. The molecule has 0 radical (unpaired) electrons. The molecule has 0 aliphatic carbocycles. The largest absolute Gasteiger partial charge is 0.497 e. The van der Waals surface area contributed by atoms with E-state index in [0.29, 0.717) is 13.0 Å². The minimum Gasteiger partial charge on any atom is -0.497 e. The van der Waals surface area contributed by atoms with Gasteiger partial charge in [-0.2, -0.15) is 0 Å². The molecule has 0 unspecified atom stereocenters. The van der Waals surface area contributed by atoms with Gasteiger partial charge in [-0.3, -0.25) is 13.9 Å². The number of benzene rings is 2. The molecule has 1 aromatic heterocycles. The van der Waals surface area contributed by atoms with Gasteiger partial charge in [0.2, 0.25) is 0 Å². The van der Waals surface area contributed by atoms with Gasteiger partial charge in [-0.1, -0.05) is 24.3 Å². The van der Waals surface area contributed by atoms with Crippen LogP contribution in [0, 0.1) is 0 Å². The Balaban J connectivity index is 1.98. The topological polar surface area (TPSA) is 74.5 Å². The van der Waals surface area contributed by atoms with E-state index >= 15 is 0 Å². The van der Waals surface area contributed by atoms with E-state index in [4.69, 9.17) is 9.47 Å². The lowest BCUT2D eigenvalue weighted by Gasteiger charge is -2.16. The van der Waals surface area contributed by atoms with Gasteiger partial charge in [0.15, 0.2) is 0 Å². The van der Waals surface area contributed by atoms with Gasteiger partial charge >= 0.3 is 5.69 Å². The van der Waals surface area contributed by atoms with Gasteiger partial charge < -0.3 is 14.8 Å². The van der Waals surface area contributed by atoms with E-state index in [-0.39, 0.29) is 17.8 Å². The molecule has 1 N–H and O–H groups in total. The fourth-order valence-corrected chi connectivity index (χ4v) is 3.46. The Morgan fingerprint density at radius 3 is 1.81 bits per heavy atom. The zero-order valence-corrected chi connectivity index (χ0v) is 18.3. The maximum absolute atomic E-state index is 13.4. The number of hydrogen-bond acceptors (Lipinski definition) is 5. The molecule has 7 nitrogen and oxygen atoms in total. The van der Waals surface area contributed by atoms with Crippen molar-refractivity contribution in [3.63, 3.8) is 0 Å². The van der Waals surface area contributed by atoms with Crippen LogP contribution in [0.25, 0.3) is 0 Å². The first kappa shape index (κ1) is 22.4. The number of aromatic nitrogens is 2. The van der Waals surface area contributed by atoms with Crippen molar-refractivity contribution in [2.45, 2.75) is 25.9 Å². The molecule has 31 heavy (non-hydrogen) atoms. The van der Waals surface area contributed by atoms with E-state index < -0.39 is 0 Å². The zero-order chi connectivity index (χ0) is 22.2. The van der Waals surface area contributed by atoms with Gasteiger partial charge in [0.1, 0.15) is 11.5 Å². The third kappa shape index (κ3) is 5.64. The number of rotatable bonds is 10. The second kappa shape index (κ2) is 10.6. The molecule has 0 atom stereocenters. The van der Waals surface area contributed by atoms with Gasteiger partial charge in [0.05, 0.1) is 27.3 Å². The summed E-state index contributed by atoms with van der Waals surface area (Å²) in [5.41, 5.74) is 1.98. The Morgan fingerprint density at radius 2 is 1.32 bits per heavy atom. The molecule has 0 fully saturated rings. The highest BCUT2D eigenvalue weighted by molar-refractivity contribution is 5.28. The quantitative estimate of drug-likeness (QED) is 0.507. The van der Waals surface area contributed by atoms with E-state index in [1.54, 1.807) is 24.9 Å². The highest BCUT2D eigenvalue weighted by Gasteiger charge is 2.13. The van der Waals surface area contributed by atoms with Crippen LogP contribution in [0.1, 0.15) is 23.2 Å². The SMILES string of the molecule is CNCCCc1cc(=O)n(Cc2ccc(OC)cc2)c(=O)n1Cc1ccc(OC)cc1. The third-order valence-electron chi connectivity index (χ3n) is 5.22. The molecule has 0 saturated carbocycles. The molecule has 2 aromatic carbocycles. The van der Waals surface area contributed by atoms with E-state index in [1.165, 1.54) is 4.57 Å². The first-order valence-corrected chi connectivity index (χ1v) is 10.3. The molecule has 1 heterocycles. The Bertz CT molecular complexity index is 1100. The summed E-state index contributed by atoms with van der Waals surface area (Å²) in [6.07, 6.45) is 1.48. The lowest BCUT2D eigenvalue weighted by molar-refractivity contribution is 0.414. The van der Waals surface area contributed by atoms with Crippen molar-refractivity contribution in [3.05, 3.63) is 92.3 Å². The average molecular weight is 424 g/mol. The van der Waals surface area contributed by atoms with Crippen LogP contribution in [-0.2, 0) is 19.5 Å². The van der Waals surface area contributed by atoms with Crippen LogP contribution in [0.3, 0.4) is 0 Å². The Kier molecular flexibility index (Phi) is 7.67. The maximum atomic E-state index is 13.4. The molecular formula is C24H29N3O4. The Hall–Kier alpha value is -3.32. The molecule has 0 aliphatic heterocycles. The van der Waals surface area contributed by atoms with Crippen molar-refractivity contribution in [1.82, 2.24) is 14.5 Å². The van der Waals surface area contributed by atoms with E-state index in [9.17, 15) is 9.59 Å². The number of nitrogens with zero attached hydrogens (tertiary/aromatic N) is 2. The van der Waals surface area contributed by atoms with Crippen LogP contribution >= 0.6 is 0 Å². The summed E-state index contributed by atoms with van der Waals surface area (Å²) >= 11 is 0. The summed E-state index contributed by atoms with van der Waals surface area (Å²) in [7, 11) is 5.11. The molecule has 0 amide bonds. The van der Waals surface area contributed by atoms with E-state index in [2.05, 4.69) is 5.32 Å². The minimum absolute atomic E-state index is 0.209. The van der Waals surface area contributed by atoms with Crippen LogP contribution in [0.4, 0.5) is 0 Å². The summed E-state index contributed by atoms with van der Waals surface area (Å²) < 4.78 is 13.4. The number of ether oxygens (including phenoxy) is 2. The van der Waals surface area contributed by atoms with Crippen molar-refractivity contribution in [2.75, 3.05) is 27.8 Å². The lowest BCUT2D eigenvalue weighted by Crippen LogP contribution is -2.41. The predicted molar refractivity (Wildman–Crippen MR) is 121 cm³/mol. The van der Waals surface area contributed by atoms with E-state index in [0.717, 1.165) is 41.3 Å². The van der Waals surface area contributed by atoms with Crippen LogP contribution in [0.2, 0.25) is 0 Å². The molecule has 0 aliphatic rings. The fourth-order valence-electron chi connectivity index (χ4n) is 3.46. The lowest BCUT2D eigenvalue weighted by atomic mass is 10.1. The molecule has 7 heteroatoms. The predicted octanol–water partition coefficient (Wildman–Crippen LogP) is 2.28. The molecule has 3 rings (SSSR count). The molecular weight excluding hydrogens is 394 g/mol. The molecule has 0 saturated heterocycles. The Labute approximate surface area is 181 Å². The molecule has 3 aromatic rings. The average Bonchev–Trinajstić information content (AvgIpc) is 2.80. The fraction of sp³-hybridized carbons (Fsp3) is 0.333. The van der Waals surface area contributed by atoms with Crippen molar-refractivity contribution in [2.24, 2.45) is 0 Å². The number of nitrogens with one attached hydrogen (secondary N) is 1. The summed E-state index contributed by atoms with van der Waals surface area (Å²) in [4.78, 5) is 26.2. The Morgan fingerprint density at radius 1 is 0.806 bits per heavy atom. The monoisotopic (exact) mass is 423 g/mol. The highest BCUT2D eigenvalue weighted by Crippen LogP contribution is 2.14. The first-order chi connectivity index (χ1) is 15.0. The van der Waals surface area contributed by atoms with Crippen molar-refractivity contribution in [3.8, 4) is 11.5 Å². The van der Waals surface area contributed by atoms with Crippen LogP contribution < -0.4 is 26.0 Å². The van der Waals surface area contributed by atoms with Gasteiger partial charge in [0.25, 0.3) is 5.56 Å². The van der Waals surface area contributed by atoms with Crippen LogP contribution in [-0.4, -0.2) is 36.9 Å². The normalized spacial score (nSPS) is 10.8. The maximum Gasteiger partial charge on any atom is 0.331 e. The van der Waals surface area contributed by atoms with Crippen molar-refractivity contribution in [1.29, 1.82) is 0 Å². The van der Waals surface area contributed by atoms with Crippen LogP contribution in [0.5, 0.6) is 11.5 Å². The zero-order valence-electron chi connectivity index (χ0n) is 18.3. The molecule has 0 bridgehead atoms. The summed E-state index contributed by atoms with van der Waals surface area (Å²) in [5.74, 6) is 1.49. The van der Waals surface area contributed by atoms with Crippen molar-refractivity contribution >= 4 is 0 Å². The van der Waals surface area contributed by atoms with Gasteiger partial charge in [-0.05, 0) is 61.8 Å². The van der Waals surface area contributed by atoms with Gasteiger partial charge in [0, 0.05) is 11.8 Å². The second-order valence-electron chi connectivity index (χ2n) is 7.33. The standard InChI is InChI=1S/C24H29N3O4/c1-25-14-4-5-20-15-23(28)27(17-19-8-12-22(31-3)13-9-19)24(29)26(20)16-18-6-10-21(30-2)11-7-18/h6-13,15,25H,4-5,14,16-17H2,1-3H3. The minimum atomic E-state index is -0.307. The molecule has 164 valence electrons. The van der Waals surface area contributed by atoms with Crippen LogP contribution in [0.15, 0.2) is 64.2 Å². The van der Waals surface area contributed by atoms with Gasteiger partial charge in [-0.15, -0.1) is 0 Å². The summed E-state index contributed by atoms with van der Waals surface area (Å²) in [6, 6.07) is 16.6. The van der Waals surface area contributed by atoms with E-state index in [1.807, 2.05) is 55.6 Å².